The molecule has 2 atom stereocenters. The Morgan fingerprint density at radius 2 is 2.00 bits per heavy atom. The Kier molecular flexibility index (Phi) is 5.43. The number of aliphatic carboxylic acids is 1. The molecule has 1 heterocycles. The molecule has 2 unspecified atom stereocenters. The predicted octanol–water partition coefficient (Wildman–Crippen LogP) is 1.18. The van der Waals surface area contributed by atoms with E-state index in [1.165, 1.54) is 28.9 Å². The Hall–Kier alpha value is -2.57. The van der Waals surface area contributed by atoms with E-state index in [1.807, 2.05) is 0 Å². The summed E-state index contributed by atoms with van der Waals surface area (Å²) in [4.78, 5) is 39.0. The zero-order chi connectivity index (χ0) is 17.9. The Morgan fingerprint density at radius 3 is 2.62 bits per heavy atom. The van der Waals surface area contributed by atoms with E-state index in [4.69, 9.17) is 5.11 Å². The number of rotatable bonds is 5. The number of phenolic OH excluding ortho intramolecular Hbond substituents is 1. The van der Waals surface area contributed by atoms with Crippen molar-refractivity contribution in [3.8, 4) is 5.75 Å². The number of likely N-dealkylation sites (N-methyl/N-ethyl adjacent to an activating group) is 1. The number of carbonyl (C=O) groups is 3. The second-order valence-electron chi connectivity index (χ2n) is 6.13. The number of hydrogen-bond donors (Lipinski definition) is 2. The van der Waals surface area contributed by atoms with E-state index < -0.39 is 17.9 Å². The normalized spacial score (nSPS) is 18.2. The third-order valence-electron chi connectivity index (χ3n) is 4.28. The van der Waals surface area contributed by atoms with Crippen molar-refractivity contribution >= 4 is 17.8 Å². The number of hydrogen-bond acceptors (Lipinski definition) is 4. The number of aromatic hydroxyl groups is 1. The van der Waals surface area contributed by atoms with Crippen LogP contribution in [0.4, 0.5) is 0 Å². The van der Waals surface area contributed by atoms with Crippen molar-refractivity contribution in [1.29, 1.82) is 0 Å². The Bertz CT molecular complexity index is 646. The summed E-state index contributed by atoms with van der Waals surface area (Å²) >= 11 is 0. The van der Waals surface area contributed by atoms with Crippen LogP contribution in [-0.4, -0.2) is 64.0 Å². The lowest BCUT2D eigenvalue weighted by Gasteiger charge is -2.29. The molecule has 1 aromatic rings. The maximum atomic E-state index is 12.6. The first-order valence-electron chi connectivity index (χ1n) is 7.89. The minimum absolute atomic E-state index is 0.0866. The quantitative estimate of drug-likeness (QED) is 0.842. The molecule has 0 bridgehead atoms. The minimum Gasteiger partial charge on any atom is -0.507 e. The highest BCUT2D eigenvalue weighted by Crippen LogP contribution is 2.25. The first-order chi connectivity index (χ1) is 11.3. The van der Waals surface area contributed by atoms with Gasteiger partial charge in [0.15, 0.2) is 0 Å². The molecule has 7 heteroatoms. The second-order valence-corrected chi connectivity index (χ2v) is 6.13. The summed E-state index contributed by atoms with van der Waals surface area (Å²) in [5.41, 5.74) is 0.166. The number of likely N-dealkylation sites (tertiary alicyclic amines) is 1. The number of nitrogens with zero attached hydrogens (tertiary/aromatic N) is 2. The fourth-order valence-electron chi connectivity index (χ4n) is 2.91. The number of phenols is 1. The Balaban J connectivity index is 2.12. The lowest BCUT2D eigenvalue weighted by Crippen LogP contribution is -2.48. The molecule has 1 aliphatic heterocycles. The third kappa shape index (κ3) is 3.67. The molecule has 24 heavy (non-hydrogen) atoms. The monoisotopic (exact) mass is 334 g/mol. The number of carbonyl (C=O) groups excluding carboxylic acids is 2. The van der Waals surface area contributed by atoms with Gasteiger partial charge >= 0.3 is 5.97 Å². The molecule has 1 fully saturated rings. The van der Waals surface area contributed by atoms with Crippen molar-refractivity contribution in [2.75, 3.05) is 20.1 Å². The number of para-hydroxylation sites is 1. The van der Waals surface area contributed by atoms with Crippen LogP contribution < -0.4 is 0 Å². The molecule has 0 spiro atoms. The third-order valence-corrected chi connectivity index (χ3v) is 4.28. The molecule has 7 nitrogen and oxygen atoms in total. The fourth-order valence-corrected chi connectivity index (χ4v) is 2.91. The van der Waals surface area contributed by atoms with Crippen LogP contribution in [0.25, 0.3) is 0 Å². The molecule has 0 aliphatic carbocycles. The zero-order valence-electron chi connectivity index (χ0n) is 13.8. The largest absolute Gasteiger partial charge is 0.507 e. The van der Waals surface area contributed by atoms with E-state index in [0.717, 1.165) is 0 Å². The first kappa shape index (κ1) is 17.8. The first-order valence-corrected chi connectivity index (χ1v) is 7.89. The summed E-state index contributed by atoms with van der Waals surface area (Å²) in [5, 5.41) is 18.8. The highest BCUT2D eigenvalue weighted by molar-refractivity contribution is 5.99. The van der Waals surface area contributed by atoms with Crippen molar-refractivity contribution in [3.05, 3.63) is 29.8 Å². The van der Waals surface area contributed by atoms with Gasteiger partial charge in [0.25, 0.3) is 5.91 Å². The zero-order valence-corrected chi connectivity index (χ0v) is 13.8. The molecular weight excluding hydrogens is 312 g/mol. The topological polar surface area (TPSA) is 98.2 Å². The lowest BCUT2D eigenvalue weighted by molar-refractivity contribution is -0.143. The van der Waals surface area contributed by atoms with Crippen LogP contribution in [0.15, 0.2) is 24.3 Å². The fraction of sp³-hybridized carbons (Fsp3) is 0.471. The van der Waals surface area contributed by atoms with Gasteiger partial charge in [-0.25, -0.2) is 0 Å². The summed E-state index contributed by atoms with van der Waals surface area (Å²) in [6.07, 6.45) is 1.22. The molecule has 2 rings (SSSR count). The van der Waals surface area contributed by atoms with Crippen molar-refractivity contribution in [1.82, 2.24) is 9.80 Å². The van der Waals surface area contributed by atoms with Crippen LogP contribution in [0.5, 0.6) is 5.75 Å². The highest BCUT2D eigenvalue weighted by atomic mass is 16.4. The number of carboxylic acids is 1. The second kappa shape index (κ2) is 7.33. The summed E-state index contributed by atoms with van der Waals surface area (Å²) in [6.45, 7) is 2.06. The number of carboxylic acid groups (broad SMARTS) is 1. The standard InChI is InChI=1S/C17H22N2O5/c1-11(17(23)24)10-18(2)16(22)13-7-5-9-19(13)15(21)12-6-3-4-8-14(12)20/h3-4,6,8,11,13,20H,5,7,9-10H2,1-2H3,(H,23,24). The highest BCUT2D eigenvalue weighted by Gasteiger charge is 2.37. The van der Waals surface area contributed by atoms with E-state index in [1.54, 1.807) is 19.2 Å². The SMILES string of the molecule is CC(CN(C)C(=O)C1CCCN1C(=O)c1ccccc1O)C(=O)O. The van der Waals surface area contributed by atoms with Crippen molar-refractivity contribution in [3.63, 3.8) is 0 Å². The summed E-state index contributed by atoms with van der Waals surface area (Å²) in [6, 6.07) is 5.61. The van der Waals surface area contributed by atoms with Crippen molar-refractivity contribution < 1.29 is 24.6 Å². The molecule has 1 saturated heterocycles. The van der Waals surface area contributed by atoms with Gasteiger partial charge in [0.2, 0.25) is 5.91 Å². The van der Waals surface area contributed by atoms with Gasteiger partial charge in [-0.2, -0.15) is 0 Å². The predicted molar refractivity (Wildman–Crippen MR) is 86.6 cm³/mol. The Labute approximate surface area is 140 Å². The summed E-state index contributed by atoms with van der Waals surface area (Å²) in [5.74, 6) is -2.42. The van der Waals surface area contributed by atoms with Gasteiger partial charge in [-0.15, -0.1) is 0 Å². The maximum Gasteiger partial charge on any atom is 0.308 e. The number of benzene rings is 1. The molecule has 130 valence electrons. The smallest absolute Gasteiger partial charge is 0.308 e. The van der Waals surface area contributed by atoms with Crippen LogP contribution in [-0.2, 0) is 9.59 Å². The van der Waals surface area contributed by atoms with Crippen molar-refractivity contribution in [2.24, 2.45) is 5.92 Å². The van der Waals surface area contributed by atoms with Gasteiger partial charge in [0, 0.05) is 20.1 Å². The van der Waals surface area contributed by atoms with Gasteiger partial charge in [-0.3, -0.25) is 14.4 Å². The van der Waals surface area contributed by atoms with Gasteiger partial charge < -0.3 is 20.0 Å². The maximum absolute atomic E-state index is 12.6. The van der Waals surface area contributed by atoms with Gasteiger partial charge in [-0.05, 0) is 25.0 Å². The molecule has 0 radical (unpaired) electrons. The molecule has 0 saturated carbocycles. The van der Waals surface area contributed by atoms with E-state index in [9.17, 15) is 19.5 Å². The van der Waals surface area contributed by atoms with Crippen LogP contribution in [0.3, 0.4) is 0 Å². The molecular formula is C17H22N2O5. The average molecular weight is 334 g/mol. The summed E-state index contributed by atoms with van der Waals surface area (Å²) < 4.78 is 0. The summed E-state index contributed by atoms with van der Waals surface area (Å²) in [7, 11) is 1.54. The van der Waals surface area contributed by atoms with E-state index >= 15 is 0 Å². The van der Waals surface area contributed by atoms with Crippen LogP contribution >= 0.6 is 0 Å². The molecule has 1 aromatic carbocycles. The molecule has 1 aliphatic rings. The van der Waals surface area contributed by atoms with E-state index in [-0.39, 0.29) is 29.7 Å². The van der Waals surface area contributed by atoms with Gasteiger partial charge in [-0.1, -0.05) is 19.1 Å². The van der Waals surface area contributed by atoms with E-state index in [2.05, 4.69) is 0 Å². The molecule has 2 amide bonds. The van der Waals surface area contributed by atoms with Gasteiger partial charge in [0.1, 0.15) is 11.8 Å². The number of amides is 2. The average Bonchev–Trinajstić information content (AvgIpc) is 3.03. The molecule has 0 aromatic heterocycles. The van der Waals surface area contributed by atoms with Crippen LogP contribution in [0.1, 0.15) is 30.1 Å². The van der Waals surface area contributed by atoms with Gasteiger partial charge in [0.05, 0.1) is 11.5 Å². The van der Waals surface area contributed by atoms with Crippen LogP contribution in [0.2, 0.25) is 0 Å². The Morgan fingerprint density at radius 1 is 1.33 bits per heavy atom. The minimum atomic E-state index is -0.969. The molecule has 2 N–H and O–H groups in total. The van der Waals surface area contributed by atoms with E-state index in [0.29, 0.717) is 19.4 Å². The van der Waals surface area contributed by atoms with Crippen molar-refractivity contribution in [2.45, 2.75) is 25.8 Å². The lowest BCUT2D eigenvalue weighted by atomic mass is 10.1. The van der Waals surface area contributed by atoms with Crippen LogP contribution in [0, 0.1) is 5.92 Å².